The van der Waals surface area contributed by atoms with Gasteiger partial charge in [-0.25, -0.2) is 22.3 Å². The summed E-state index contributed by atoms with van der Waals surface area (Å²) in [5.41, 5.74) is 0.0830. The Hall–Kier alpha value is -3.77. The Morgan fingerprint density at radius 1 is 1.15 bits per heavy atom. The number of hydrogen-bond acceptors (Lipinski definition) is 6. The number of carbonyl (C=O) groups excluding carboxylic acids is 1. The zero-order valence-electron chi connectivity index (χ0n) is 22.7. The van der Waals surface area contributed by atoms with Crippen molar-refractivity contribution in [3.63, 3.8) is 0 Å². The standard InChI is InChI=1S/C27H33FN4O6S/c1-7-16(2)31-39(36,37)22-14-19(29-23(33)15-27(4,5)6)10-13-21(22)38-25-17(3)24(26(34)35)30-32(25)20-11-8-18(28)9-12-20/h8-14,16,31H,7,15H2,1-6H3,(H,29,33)(H,34,35). The summed E-state index contributed by atoms with van der Waals surface area (Å²) >= 11 is 0. The highest BCUT2D eigenvalue weighted by molar-refractivity contribution is 7.89. The molecule has 0 aliphatic carbocycles. The number of halogens is 1. The van der Waals surface area contributed by atoms with Crippen molar-refractivity contribution >= 4 is 27.6 Å². The lowest BCUT2D eigenvalue weighted by molar-refractivity contribution is -0.117. The fourth-order valence-corrected chi connectivity index (χ4v) is 5.12. The summed E-state index contributed by atoms with van der Waals surface area (Å²) in [6.07, 6.45) is 0.738. The zero-order chi connectivity index (χ0) is 29.1. The molecule has 1 aromatic heterocycles. The number of nitrogens with zero attached hydrogens (tertiary/aromatic N) is 2. The van der Waals surface area contributed by atoms with E-state index in [2.05, 4.69) is 15.1 Å². The number of amides is 1. The van der Waals surface area contributed by atoms with Gasteiger partial charge >= 0.3 is 5.97 Å². The quantitative estimate of drug-likeness (QED) is 0.307. The third kappa shape index (κ3) is 7.42. The molecule has 0 fully saturated rings. The second-order valence-electron chi connectivity index (χ2n) is 10.5. The van der Waals surface area contributed by atoms with Crippen LogP contribution < -0.4 is 14.8 Å². The van der Waals surface area contributed by atoms with E-state index in [1.165, 1.54) is 49.4 Å². The molecule has 1 heterocycles. The maximum absolute atomic E-state index is 13.5. The molecule has 3 rings (SSSR count). The van der Waals surface area contributed by atoms with Crippen LogP contribution in [-0.4, -0.2) is 41.2 Å². The highest BCUT2D eigenvalue weighted by atomic mass is 32.2. The monoisotopic (exact) mass is 560 g/mol. The second-order valence-corrected chi connectivity index (χ2v) is 12.1. The van der Waals surface area contributed by atoms with Gasteiger partial charge in [0.15, 0.2) is 5.69 Å². The summed E-state index contributed by atoms with van der Waals surface area (Å²) in [5.74, 6) is -2.30. The summed E-state index contributed by atoms with van der Waals surface area (Å²) in [5, 5.41) is 16.5. The average molecular weight is 561 g/mol. The van der Waals surface area contributed by atoms with E-state index in [0.717, 1.165) is 4.68 Å². The van der Waals surface area contributed by atoms with Gasteiger partial charge in [0.1, 0.15) is 16.5 Å². The van der Waals surface area contributed by atoms with Crippen LogP contribution in [0.1, 0.15) is 63.5 Å². The molecule has 1 unspecified atom stereocenters. The molecule has 1 amide bonds. The Labute approximate surface area is 227 Å². The van der Waals surface area contributed by atoms with Gasteiger partial charge < -0.3 is 15.2 Å². The second kappa shape index (κ2) is 11.5. The zero-order valence-corrected chi connectivity index (χ0v) is 23.5. The predicted molar refractivity (Wildman–Crippen MR) is 145 cm³/mol. The van der Waals surface area contributed by atoms with Crippen molar-refractivity contribution in [2.24, 2.45) is 5.41 Å². The van der Waals surface area contributed by atoms with Crippen molar-refractivity contribution in [2.45, 2.75) is 65.3 Å². The number of carbonyl (C=O) groups is 2. The van der Waals surface area contributed by atoms with Crippen LogP contribution in [0.15, 0.2) is 47.4 Å². The summed E-state index contributed by atoms with van der Waals surface area (Å²) in [6.45, 7) is 10.7. The molecule has 0 spiro atoms. The normalized spacial score (nSPS) is 12.7. The lowest BCUT2D eigenvalue weighted by atomic mass is 9.92. The number of carboxylic acid groups (broad SMARTS) is 1. The molecule has 3 aromatic rings. The predicted octanol–water partition coefficient (Wildman–Crippen LogP) is 5.26. The van der Waals surface area contributed by atoms with E-state index in [1.807, 2.05) is 27.7 Å². The number of rotatable bonds is 10. The Balaban J connectivity index is 2.14. The number of carboxylic acids is 1. The molecule has 3 N–H and O–H groups in total. The van der Waals surface area contributed by atoms with Crippen LogP contribution in [0.3, 0.4) is 0 Å². The summed E-state index contributed by atoms with van der Waals surface area (Å²) in [4.78, 5) is 24.1. The van der Waals surface area contributed by atoms with Gasteiger partial charge in [-0.3, -0.25) is 4.79 Å². The maximum atomic E-state index is 13.5. The van der Waals surface area contributed by atoms with E-state index in [1.54, 1.807) is 6.92 Å². The molecule has 39 heavy (non-hydrogen) atoms. The first kappa shape index (κ1) is 29.8. The Kier molecular flexibility index (Phi) is 8.81. The van der Waals surface area contributed by atoms with Crippen LogP contribution in [0.5, 0.6) is 11.6 Å². The largest absolute Gasteiger partial charge is 0.476 e. The van der Waals surface area contributed by atoms with E-state index >= 15 is 0 Å². The molecule has 2 aromatic carbocycles. The SMILES string of the molecule is CCC(C)NS(=O)(=O)c1cc(NC(=O)CC(C)(C)C)ccc1Oc1c(C)c(C(=O)O)nn1-c1ccc(F)cc1. The van der Waals surface area contributed by atoms with E-state index in [9.17, 15) is 27.5 Å². The minimum Gasteiger partial charge on any atom is -0.476 e. The van der Waals surface area contributed by atoms with Gasteiger partial charge in [-0.05, 0) is 68.1 Å². The fraction of sp³-hybridized carbons (Fsp3) is 0.370. The van der Waals surface area contributed by atoms with E-state index in [0.29, 0.717) is 12.1 Å². The van der Waals surface area contributed by atoms with Gasteiger partial charge in [0.2, 0.25) is 21.8 Å². The van der Waals surface area contributed by atoms with Crippen LogP contribution >= 0.6 is 0 Å². The van der Waals surface area contributed by atoms with E-state index in [4.69, 9.17) is 4.74 Å². The topological polar surface area (TPSA) is 140 Å². The van der Waals surface area contributed by atoms with Crippen molar-refractivity contribution in [1.82, 2.24) is 14.5 Å². The number of hydrogen-bond donors (Lipinski definition) is 3. The van der Waals surface area contributed by atoms with E-state index in [-0.39, 0.29) is 51.2 Å². The fourth-order valence-electron chi connectivity index (χ4n) is 3.64. The van der Waals surface area contributed by atoms with Gasteiger partial charge in [0.25, 0.3) is 0 Å². The van der Waals surface area contributed by atoms with Crippen LogP contribution in [0.2, 0.25) is 0 Å². The minimum absolute atomic E-state index is 0.0662. The lowest BCUT2D eigenvalue weighted by Gasteiger charge is -2.19. The Morgan fingerprint density at radius 2 is 1.79 bits per heavy atom. The number of nitrogens with one attached hydrogen (secondary N) is 2. The minimum atomic E-state index is -4.14. The smallest absolute Gasteiger partial charge is 0.356 e. The number of benzene rings is 2. The molecule has 12 heteroatoms. The first-order valence-electron chi connectivity index (χ1n) is 12.3. The maximum Gasteiger partial charge on any atom is 0.356 e. The molecule has 1 atom stereocenters. The number of aromatic carboxylic acids is 1. The van der Waals surface area contributed by atoms with Crippen molar-refractivity contribution < 1.29 is 32.2 Å². The number of sulfonamides is 1. The molecule has 210 valence electrons. The van der Waals surface area contributed by atoms with Crippen molar-refractivity contribution in [3.8, 4) is 17.3 Å². The average Bonchev–Trinajstić information content (AvgIpc) is 3.15. The molecular weight excluding hydrogens is 527 g/mol. The first-order valence-corrected chi connectivity index (χ1v) is 13.8. The molecule has 0 saturated heterocycles. The van der Waals surface area contributed by atoms with Crippen LogP contribution in [0, 0.1) is 18.2 Å². The highest BCUT2D eigenvalue weighted by Crippen LogP contribution is 2.35. The van der Waals surface area contributed by atoms with Crippen molar-refractivity contribution in [2.75, 3.05) is 5.32 Å². The summed E-state index contributed by atoms with van der Waals surface area (Å²) in [7, 11) is -4.14. The lowest BCUT2D eigenvalue weighted by Crippen LogP contribution is -2.32. The molecule has 0 bridgehead atoms. The third-order valence-electron chi connectivity index (χ3n) is 5.73. The Morgan fingerprint density at radius 3 is 2.36 bits per heavy atom. The van der Waals surface area contributed by atoms with Crippen LogP contribution in [0.25, 0.3) is 5.69 Å². The highest BCUT2D eigenvalue weighted by Gasteiger charge is 2.27. The Bertz CT molecular complexity index is 1480. The van der Waals surface area contributed by atoms with Crippen molar-refractivity contribution in [1.29, 1.82) is 0 Å². The van der Waals surface area contributed by atoms with Crippen molar-refractivity contribution in [3.05, 3.63) is 59.5 Å². The summed E-state index contributed by atoms with van der Waals surface area (Å²) < 4.78 is 50.1. The molecule has 0 radical (unpaired) electrons. The third-order valence-corrected chi connectivity index (χ3v) is 7.34. The molecule has 0 aliphatic rings. The number of ether oxygens (including phenoxy) is 1. The van der Waals surface area contributed by atoms with Gasteiger partial charge in [-0.15, -0.1) is 0 Å². The number of aromatic nitrogens is 2. The molecular formula is C27H33FN4O6S. The first-order chi connectivity index (χ1) is 18.1. The van der Waals surface area contributed by atoms with Gasteiger partial charge in [0, 0.05) is 23.7 Å². The van der Waals surface area contributed by atoms with Gasteiger partial charge in [-0.1, -0.05) is 27.7 Å². The summed E-state index contributed by atoms with van der Waals surface area (Å²) in [6, 6.07) is 8.88. The van der Waals surface area contributed by atoms with Crippen LogP contribution in [-0.2, 0) is 14.8 Å². The molecule has 0 aliphatic heterocycles. The van der Waals surface area contributed by atoms with Gasteiger partial charge in [-0.2, -0.15) is 9.78 Å². The van der Waals surface area contributed by atoms with Crippen LogP contribution in [0.4, 0.5) is 10.1 Å². The molecule has 0 saturated carbocycles. The van der Waals surface area contributed by atoms with Gasteiger partial charge in [0.05, 0.1) is 5.69 Å². The molecule has 10 nitrogen and oxygen atoms in total. The van der Waals surface area contributed by atoms with E-state index < -0.39 is 27.9 Å². The number of anilines is 1.